The van der Waals surface area contributed by atoms with Gasteiger partial charge in [0.15, 0.2) is 6.23 Å². The molecule has 9 heteroatoms. The zero-order valence-electron chi connectivity index (χ0n) is 11.5. The molecule has 2 fully saturated rings. The van der Waals surface area contributed by atoms with Crippen LogP contribution < -0.4 is 11.2 Å². The maximum Gasteiger partial charge on any atom is 0.330 e. The Morgan fingerprint density at radius 3 is 2.71 bits per heavy atom. The van der Waals surface area contributed by atoms with Crippen molar-refractivity contribution in [3.05, 3.63) is 32.6 Å². The van der Waals surface area contributed by atoms with E-state index in [1.54, 1.807) is 6.92 Å². The van der Waals surface area contributed by atoms with Crippen molar-refractivity contribution in [3.8, 4) is 0 Å². The van der Waals surface area contributed by atoms with Crippen molar-refractivity contribution in [1.82, 2.24) is 9.55 Å². The van der Waals surface area contributed by atoms with E-state index in [1.165, 1.54) is 17.9 Å². The van der Waals surface area contributed by atoms with E-state index in [2.05, 4.69) is 4.98 Å². The number of ether oxygens (including phenoxy) is 4. The molecule has 2 saturated heterocycles. The highest BCUT2D eigenvalue weighted by atomic mass is 16.9. The van der Waals surface area contributed by atoms with Crippen LogP contribution in [0.3, 0.4) is 0 Å². The third-order valence-electron chi connectivity index (χ3n) is 3.61. The number of rotatable bonds is 3. The zero-order valence-corrected chi connectivity index (χ0v) is 11.5. The Bertz CT molecular complexity index is 639. The van der Waals surface area contributed by atoms with Crippen molar-refractivity contribution in [1.29, 1.82) is 0 Å². The van der Waals surface area contributed by atoms with Crippen molar-refractivity contribution in [2.75, 3.05) is 13.7 Å². The Hall–Kier alpha value is -1.52. The van der Waals surface area contributed by atoms with Crippen LogP contribution in [0.25, 0.3) is 0 Å². The summed E-state index contributed by atoms with van der Waals surface area (Å²) in [6, 6.07) is 0. The molecule has 21 heavy (non-hydrogen) atoms. The number of aliphatic hydroxyl groups excluding tert-OH is 1. The fraction of sp³-hybridized carbons (Fsp3) is 0.667. The molecule has 2 aliphatic heterocycles. The van der Waals surface area contributed by atoms with E-state index in [1.807, 2.05) is 0 Å². The first-order valence-electron chi connectivity index (χ1n) is 6.47. The minimum absolute atomic E-state index is 0.283. The first-order chi connectivity index (χ1) is 10.0. The molecule has 1 unspecified atom stereocenters. The van der Waals surface area contributed by atoms with Gasteiger partial charge < -0.3 is 24.1 Å². The van der Waals surface area contributed by atoms with Gasteiger partial charge >= 0.3 is 5.69 Å². The number of hydrogen-bond acceptors (Lipinski definition) is 7. The summed E-state index contributed by atoms with van der Waals surface area (Å²) in [5.41, 5.74) is -0.704. The Balaban J connectivity index is 1.97. The molecule has 3 heterocycles. The molecule has 2 aliphatic rings. The number of nitrogens with one attached hydrogen (secondary N) is 1. The Morgan fingerprint density at radius 2 is 2.05 bits per heavy atom. The van der Waals surface area contributed by atoms with E-state index in [4.69, 9.17) is 18.9 Å². The predicted molar refractivity (Wildman–Crippen MR) is 67.6 cm³/mol. The smallest absolute Gasteiger partial charge is 0.330 e. The molecule has 1 aromatic heterocycles. The summed E-state index contributed by atoms with van der Waals surface area (Å²) in [5.74, 6) is 0. The highest BCUT2D eigenvalue weighted by molar-refractivity contribution is 5.04. The van der Waals surface area contributed by atoms with Crippen LogP contribution in [0.1, 0.15) is 11.8 Å². The van der Waals surface area contributed by atoms with E-state index >= 15 is 0 Å². The summed E-state index contributed by atoms with van der Waals surface area (Å²) in [6.07, 6.45) is -1.22. The van der Waals surface area contributed by atoms with Crippen LogP contribution in [0, 0.1) is 6.92 Å². The van der Waals surface area contributed by atoms with Gasteiger partial charge in [-0.1, -0.05) is 0 Å². The van der Waals surface area contributed by atoms with Crippen LogP contribution in [0.4, 0.5) is 0 Å². The molecule has 0 aliphatic carbocycles. The Kier molecular flexibility index (Phi) is 3.68. The first-order valence-corrected chi connectivity index (χ1v) is 6.47. The molecular formula is C12H16N2O7. The lowest BCUT2D eigenvalue weighted by Gasteiger charge is -2.20. The second kappa shape index (κ2) is 5.35. The van der Waals surface area contributed by atoms with Gasteiger partial charge in [-0.25, -0.2) is 4.79 Å². The van der Waals surface area contributed by atoms with E-state index in [0.29, 0.717) is 5.56 Å². The summed E-state index contributed by atoms with van der Waals surface area (Å²) in [5, 5.41) is 9.36. The average molecular weight is 300 g/mol. The minimum atomic E-state index is -0.875. The quantitative estimate of drug-likeness (QED) is 0.695. The van der Waals surface area contributed by atoms with Gasteiger partial charge in [0.05, 0.1) is 6.61 Å². The van der Waals surface area contributed by atoms with Crippen molar-refractivity contribution in [2.45, 2.75) is 37.9 Å². The molecule has 0 spiro atoms. The largest absolute Gasteiger partial charge is 0.394 e. The van der Waals surface area contributed by atoms with Gasteiger partial charge in [-0.15, -0.1) is 0 Å². The molecule has 0 saturated carbocycles. The number of aromatic amines is 1. The minimum Gasteiger partial charge on any atom is -0.394 e. The molecule has 3 rings (SSSR count). The molecule has 1 aromatic rings. The van der Waals surface area contributed by atoms with Gasteiger partial charge in [0.25, 0.3) is 12.0 Å². The van der Waals surface area contributed by atoms with Crippen LogP contribution in [-0.2, 0) is 18.9 Å². The van der Waals surface area contributed by atoms with Crippen LogP contribution in [0.5, 0.6) is 0 Å². The summed E-state index contributed by atoms with van der Waals surface area (Å²) in [7, 11) is 1.42. The molecule has 0 bridgehead atoms. The fourth-order valence-corrected chi connectivity index (χ4v) is 2.56. The third-order valence-corrected chi connectivity index (χ3v) is 3.61. The number of aryl methyl sites for hydroxylation is 1. The lowest BCUT2D eigenvalue weighted by molar-refractivity contribution is -0.257. The van der Waals surface area contributed by atoms with Crippen LogP contribution in [0.2, 0.25) is 0 Å². The highest BCUT2D eigenvalue weighted by Crippen LogP contribution is 2.38. The van der Waals surface area contributed by atoms with Gasteiger partial charge in [0.1, 0.15) is 18.3 Å². The van der Waals surface area contributed by atoms with Gasteiger partial charge in [0, 0.05) is 18.9 Å². The van der Waals surface area contributed by atoms with Gasteiger partial charge in [-0.2, -0.15) is 0 Å². The second-order valence-corrected chi connectivity index (χ2v) is 4.95. The number of hydrogen-bond donors (Lipinski definition) is 2. The maximum absolute atomic E-state index is 12.0. The Labute approximate surface area is 119 Å². The SMILES string of the molecule is COC1O[C@@H]2[C@H](O1)[C@@H](CO)O[C@H]2n1cc(C)c(=O)[nH]c1=O. The molecular weight excluding hydrogens is 284 g/mol. The maximum atomic E-state index is 12.0. The summed E-state index contributed by atoms with van der Waals surface area (Å²) < 4.78 is 22.8. The number of nitrogens with zero attached hydrogens (tertiary/aromatic N) is 1. The molecule has 5 atom stereocenters. The topological polar surface area (TPSA) is 112 Å². The molecule has 9 nitrogen and oxygen atoms in total. The monoisotopic (exact) mass is 300 g/mol. The molecule has 0 aromatic carbocycles. The first kappa shape index (κ1) is 14.4. The van der Waals surface area contributed by atoms with E-state index in [0.717, 1.165) is 0 Å². The lowest BCUT2D eigenvalue weighted by Crippen LogP contribution is -2.37. The highest BCUT2D eigenvalue weighted by Gasteiger charge is 2.53. The molecule has 0 amide bonds. The van der Waals surface area contributed by atoms with E-state index < -0.39 is 42.3 Å². The van der Waals surface area contributed by atoms with Crippen molar-refractivity contribution in [3.63, 3.8) is 0 Å². The van der Waals surface area contributed by atoms with Gasteiger partial charge in [0.2, 0.25) is 0 Å². The fourth-order valence-electron chi connectivity index (χ4n) is 2.56. The van der Waals surface area contributed by atoms with Gasteiger partial charge in [-0.05, 0) is 6.92 Å². The number of aliphatic hydroxyl groups is 1. The van der Waals surface area contributed by atoms with Crippen molar-refractivity contribution in [2.24, 2.45) is 0 Å². The predicted octanol–water partition coefficient (Wildman–Crippen LogP) is -1.55. The molecule has 0 radical (unpaired) electrons. The van der Waals surface area contributed by atoms with Crippen molar-refractivity contribution >= 4 is 0 Å². The average Bonchev–Trinajstić information content (AvgIpc) is 3.01. The van der Waals surface area contributed by atoms with E-state index in [-0.39, 0.29) is 6.61 Å². The van der Waals surface area contributed by atoms with Crippen molar-refractivity contribution < 1.29 is 24.1 Å². The molecule has 2 N–H and O–H groups in total. The third kappa shape index (κ3) is 2.32. The summed E-state index contributed by atoms with van der Waals surface area (Å²) in [4.78, 5) is 25.6. The standard InChI is InChI=1S/C12H16N2O7/c1-5-3-14(11(17)13-9(5)16)10-8-7(6(4-15)19-10)20-12(18-2)21-8/h3,6-8,10,12,15H,4H2,1-2H3,(H,13,16,17)/t6-,7-,8-,10-,12?/m1/s1. The van der Waals surface area contributed by atoms with Crippen LogP contribution in [-0.4, -0.2) is 53.2 Å². The zero-order chi connectivity index (χ0) is 15.1. The van der Waals surface area contributed by atoms with E-state index in [9.17, 15) is 14.7 Å². The normalized spacial score (nSPS) is 35.1. The summed E-state index contributed by atoms with van der Waals surface area (Å²) in [6.45, 7) is 0.420. The number of H-pyrrole nitrogens is 1. The van der Waals surface area contributed by atoms with Gasteiger partial charge in [-0.3, -0.25) is 14.3 Å². The number of methoxy groups -OCH3 is 1. The number of fused-ring (bicyclic) bond motifs is 1. The molecule has 116 valence electrons. The Morgan fingerprint density at radius 1 is 1.33 bits per heavy atom. The van der Waals surface area contributed by atoms with Crippen LogP contribution in [0.15, 0.2) is 15.8 Å². The lowest BCUT2D eigenvalue weighted by atomic mass is 10.1. The summed E-state index contributed by atoms with van der Waals surface area (Å²) >= 11 is 0. The number of aromatic nitrogens is 2. The van der Waals surface area contributed by atoms with Crippen LogP contribution >= 0.6 is 0 Å². The second-order valence-electron chi connectivity index (χ2n) is 4.95.